The van der Waals surface area contributed by atoms with E-state index in [1.807, 2.05) is 24.7 Å². The number of fused-ring (bicyclic) bond motifs is 1. The Morgan fingerprint density at radius 2 is 1.81 bits per heavy atom. The van der Waals surface area contributed by atoms with Crippen molar-refractivity contribution in [2.24, 2.45) is 34.8 Å². The van der Waals surface area contributed by atoms with Crippen LogP contribution in [0.4, 0.5) is 4.79 Å². The molecule has 2 rings (SSSR count). The number of methoxy groups -OCH3 is 1. The molecule has 0 spiro atoms. The van der Waals surface area contributed by atoms with Crippen LogP contribution in [0, 0.1) is 29.1 Å². The summed E-state index contributed by atoms with van der Waals surface area (Å²) in [7, 11) is 1.68. The Balaban J connectivity index is 2.20. The van der Waals surface area contributed by atoms with Gasteiger partial charge in [-0.15, -0.1) is 0 Å². The molecule has 1 aromatic heterocycles. The molecule has 0 unspecified atom stereocenters. The predicted molar refractivity (Wildman–Crippen MR) is 163 cm³/mol. The number of aryl methyl sites for hydroxylation is 1. The van der Waals surface area contributed by atoms with Crippen molar-refractivity contribution in [3.63, 3.8) is 0 Å². The minimum Gasteiger partial charge on any atom is -0.465 e. The molecule has 42 heavy (non-hydrogen) atoms. The van der Waals surface area contributed by atoms with Gasteiger partial charge in [0.1, 0.15) is 0 Å². The van der Waals surface area contributed by atoms with Gasteiger partial charge < -0.3 is 31.3 Å². The number of hydrogen-bond donors (Lipinski definition) is 5. The Labute approximate surface area is 249 Å². The largest absolute Gasteiger partial charge is 0.465 e. The normalized spacial score (nSPS) is 15.0. The van der Waals surface area contributed by atoms with Crippen LogP contribution in [-0.2, 0) is 27.3 Å². The molecular formula is C31H51N5O6. The first-order valence-corrected chi connectivity index (χ1v) is 14.8. The number of rotatable bonds is 18. The molecule has 1 heterocycles. The summed E-state index contributed by atoms with van der Waals surface area (Å²) in [5, 5.41) is 31.8. The second kappa shape index (κ2) is 15.9. The molecule has 0 radical (unpaired) electrons. The highest BCUT2D eigenvalue weighted by molar-refractivity contribution is 5.83. The van der Waals surface area contributed by atoms with Crippen LogP contribution in [0.5, 0.6) is 0 Å². The summed E-state index contributed by atoms with van der Waals surface area (Å²) < 4.78 is 7.15. The van der Waals surface area contributed by atoms with Crippen molar-refractivity contribution in [3.05, 3.63) is 30.0 Å². The molecule has 0 bridgehead atoms. The monoisotopic (exact) mass is 589 g/mol. The molecule has 1 aromatic carbocycles. The third kappa shape index (κ3) is 10.3. The molecule has 0 saturated carbocycles. The first-order chi connectivity index (χ1) is 19.7. The second-order valence-electron chi connectivity index (χ2n) is 12.7. The molecule has 4 atom stereocenters. The van der Waals surface area contributed by atoms with Gasteiger partial charge in [0.2, 0.25) is 11.8 Å². The summed E-state index contributed by atoms with van der Waals surface area (Å²) in [4.78, 5) is 36.5. The van der Waals surface area contributed by atoms with Crippen LogP contribution in [0.15, 0.2) is 24.4 Å². The minimum atomic E-state index is -1.23. The molecule has 6 N–H and O–H groups in total. The molecular weight excluding hydrogens is 538 g/mol. The van der Waals surface area contributed by atoms with E-state index in [9.17, 15) is 24.6 Å². The van der Waals surface area contributed by atoms with Crippen LogP contribution in [-0.4, -0.2) is 70.3 Å². The van der Waals surface area contributed by atoms with Gasteiger partial charge in [-0.2, -0.15) is 5.10 Å². The van der Waals surface area contributed by atoms with E-state index >= 15 is 0 Å². The van der Waals surface area contributed by atoms with E-state index in [0.717, 1.165) is 29.4 Å². The number of carbonyl (C=O) groups excluding carboxylic acids is 2. The van der Waals surface area contributed by atoms with E-state index in [1.54, 1.807) is 21.0 Å². The number of aliphatic hydroxyl groups excluding tert-OH is 1. The number of nitrogens with two attached hydrogens (primary N) is 1. The minimum absolute atomic E-state index is 0.0569. The van der Waals surface area contributed by atoms with E-state index in [0.29, 0.717) is 19.4 Å². The number of benzene rings is 1. The highest BCUT2D eigenvalue weighted by Gasteiger charge is 2.33. The van der Waals surface area contributed by atoms with Crippen molar-refractivity contribution < 1.29 is 29.3 Å². The van der Waals surface area contributed by atoms with Crippen molar-refractivity contribution in [3.8, 4) is 0 Å². The van der Waals surface area contributed by atoms with Crippen molar-refractivity contribution in [1.29, 1.82) is 0 Å². The number of ether oxygens (including phenoxy) is 1. The number of aliphatic hydroxyl groups is 1. The van der Waals surface area contributed by atoms with Crippen molar-refractivity contribution in [1.82, 2.24) is 20.4 Å². The maximum absolute atomic E-state index is 13.1. The average molecular weight is 590 g/mol. The fourth-order valence-electron chi connectivity index (χ4n) is 5.10. The maximum Gasteiger partial charge on any atom is 0.404 e. The highest BCUT2D eigenvalue weighted by Crippen LogP contribution is 2.28. The van der Waals surface area contributed by atoms with Gasteiger partial charge in [0.25, 0.3) is 0 Å². The zero-order chi connectivity index (χ0) is 31.6. The summed E-state index contributed by atoms with van der Waals surface area (Å²) in [6, 6.07) is 5.48. The standard InChI is InChI=1S/C31H51N5O6/c1-19(2)23(13-21-9-10-22-17-34-36(26(22)14-21)11-8-12-42-7)15-25(35-30(40)41)27(37)16-24(20(3)4)28(38)33-18-31(5,6)29(32)39/h9-10,14,17,19-20,23-25,27,35,37H,8,11-13,15-16,18H2,1-7H3,(H2,32,39)(H,33,38)(H,40,41)/t23-,24-,25-,27-/m0/s1. The maximum atomic E-state index is 13.1. The Morgan fingerprint density at radius 3 is 2.38 bits per heavy atom. The third-order valence-electron chi connectivity index (χ3n) is 8.21. The van der Waals surface area contributed by atoms with Crippen molar-refractivity contribution >= 4 is 28.8 Å². The molecule has 0 aliphatic heterocycles. The van der Waals surface area contributed by atoms with Gasteiger partial charge in [0.15, 0.2) is 0 Å². The smallest absolute Gasteiger partial charge is 0.404 e. The molecule has 11 nitrogen and oxygen atoms in total. The summed E-state index contributed by atoms with van der Waals surface area (Å²) in [5.74, 6) is -1.27. The van der Waals surface area contributed by atoms with E-state index in [-0.39, 0.29) is 36.6 Å². The fourth-order valence-corrected chi connectivity index (χ4v) is 5.10. The van der Waals surface area contributed by atoms with Crippen LogP contribution in [0.2, 0.25) is 0 Å². The van der Waals surface area contributed by atoms with Crippen molar-refractivity contribution in [2.75, 3.05) is 20.3 Å². The number of primary amides is 1. The third-order valence-corrected chi connectivity index (χ3v) is 8.21. The molecule has 0 aliphatic carbocycles. The van der Waals surface area contributed by atoms with Gasteiger partial charge in [-0.3, -0.25) is 14.3 Å². The number of amides is 3. The summed E-state index contributed by atoms with van der Waals surface area (Å²) in [6.07, 6.45) is 1.56. The Bertz CT molecular complexity index is 1180. The van der Waals surface area contributed by atoms with Gasteiger partial charge in [0.05, 0.1) is 29.3 Å². The molecule has 3 amide bonds. The van der Waals surface area contributed by atoms with Crippen LogP contribution < -0.4 is 16.4 Å². The zero-order valence-corrected chi connectivity index (χ0v) is 26.2. The number of carbonyl (C=O) groups is 3. The quantitative estimate of drug-likeness (QED) is 0.166. The molecule has 0 saturated heterocycles. The van der Waals surface area contributed by atoms with Gasteiger partial charge in [-0.05, 0) is 68.9 Å². The zero-order valence-electron chi connectivity index (χ0n) is 26.2. The molecule has 11 heteroatoms. The first-order valence-electron chi connectivity index (χ1n) is 14.8. The number of hydrogen-bond acceptors (Lipinski definition) is 6. The summed E-state index contributed by atoms with van der Waals surface area (Å²) in [5.41, 5.74) is 6.66. The molecule has 0 fully saturated rings. The van der Waals surface area contributed by atoms with Gasteiger partial charge >= 0.3 is 6.09 Å². The number of carboxylic acid groups (broad SMARTS) is 1. The lowest BCUT2D eigenvalue weighted by molar-refractivity contribution is -0.130. The SMILES string of the molecule is COCCCn1ncc2ccc(C[C@@H](C[C@H](NC(=O)O)[C@@H](O)C[C@H](C(=O)NCC(C)(C)C(N)=O)C(C)C)C(C)C)cc21. The van der Waals surface area contributed by atoms with Crippen LogP contribution in [0.1, 0.15) is 66.4 Å². The van der Waals surface area contributed by atoms with E-state index < -0.39 is 35.5 Å². The summed E-state index contributed by atoms with van der Waals surface area (Å²) in [6.45, 7) is 12.7. The lowest BCUT2D eigenvalue weighted by Crippen LogP contribution is -2.48. The Morgan fingerprint density at radius 1 is 1.12 bits per heavy atom. The first kappa shape index (κ1) is 35.0. The lowest BCUT2D eigenvalue weighted by atomic mass is 9.80. The lowest BCUT2D eigenvalue weighted by Gasteiger charge is -2.32. The van der Waals surface area contributed by atoms with E-state index in [4.69, 9.17) is 10.5 Å². The molecule has 2 aromatic rings. The topological polar surface area (TPSA) is 169 Å². The van der Waals surface area contributed by atoms with Crippen LogP contribution in [0.3, 0.4) is 0 Å². The van der Waals surface area contributed by atoms with Crippen molar-refractivity contribution in [2.45, 2.75) is 85.9 Å². The number of aromatic nitrogens is 2. The fraction of sp³-hybridized carbons (Fsp3) is 0.677. The Hall–Kier alpha value is -3.18. The second-order valence-corrected chi connectivity index (χ2v) is 12.7. The molecule has 0 aliphatic rings. The van der Waals surface area contributed by atoms with E-state index in [1.165, 1.54) is 0 Å². The van der Waals surface area contributed by atoms with E-state index in [2.05, 4.69) is 47.8 Å². The average Bonchev–Trinajstić information content (AvgIpc) is 3.31. The van der Waals surface area contributed by atoms with Crippen LogP contribution >= 0.6 is 0 Å². The number of nitrogens with one attached hydrogen (secondary N) is 2. The highest BCUT2D eigenvalue weighted by atomic mass is 16.5. The Kier molecular flexibility index (Phi) is 13.2. The predicted octanol–water partition coefficient (Wildman–Crippen LogP) is 3.56. The van der Waals surface area contributed by atoms with Gasteiger partial charge in [-0.1, -0.05) is 39.8 Å². The van der Waals surface area contributed by atoms with Crippen LogP contribution in [0.25, 0.3) is 10.9 Å². The summed E-state index contributed by atoms with van der Waals surface area (Å²) >= 11 is 0. The van der Waals surface area contributed by atoms with Gasteiger partial charge in [0, 0.05) is 38.1 Å². The van der Waals surface area contributed by atoms with Gasteiger partial charge in [-0.25, -0.2) is 4.79 Å². The molecule has 236 valence electrons. The number of nitrogens with zero attached hydrogens (tertiary/aromatic N) is 2.